The van der Waals surface area contributed by atoms with E-state index in [0.717, 1.165) is 12.8 Å². The maximum absolute atomic E-state index is 11.9. The summed E-state index contributed by atoms with van der Waals surface area (Å²) in [4.78, 5) is 48.9. The Kier molecular flexibility index (Phi) is 11.8. The molecule has 2 rings (SSSR count). The van der Waals surface area contributed by atoms with Crippen LogP contribution >= 0.6 is 0 Å². The fourth-order valence-corrected chi connectivity index (χ4v) is 3.30. The molecule has 0 aromatic carbocycles. The highest BCUT2D eigenvalue weighted by Crippen LogP contribution is 2.15. The van der Waals surface area contributed by atoms with Crippen LogP contribution in [0.1, 0.15) is 74.1 Å². The molecule has 0 aromatic heterocycles. The van der Waals surface area contributed by atoms with Gasteiger partial charge < -0.3 is 29.3 Å². The number of nitrogens with zero attached hydrogens (tertiary/aromatic N) is 2. The van der Waals surface area contributed by atoms with Crippen molar-refractivity contribution in [1.29, 1.82) is 0 Å². The van der Waals surface area contributed by atoms with Crippen molar-refractivity contribution in [2.45, 2.75) is 91.4 Å². The van der Waals surface area contributed by atoms with Crippen molar-refractivity contribution in [2.24, 2.45) is 0 Å². The van der Waals surface area contributed by atoms with Gasteiger partial charge in [-0.2, -0.15) is 0 Å². The number of amides is 2. The van der Waals surface area contributed by atoms with E-state index < -0.39 is 11.2 Å². The zero-order valence-corrected chi connectivity index (χ0v) is 21.9. The molecule has 0 spiro atoms. The van der Waals surface area contributed by atoms with Crippen LogP contribution in [0.4, 0.5) is 9.59 Å². The molecule has 196 valence electrons. The lowest BCUT2D eigenvalue weighted by Gasteiger charge is -2.33. The first kappa shape index (κ1) is 29.7. The summed E-state index contributed by atoms with van der Waals surface area (Å²) < 4.78 is 15.4. The van der Waals surface area contributed by atoms with Gasteiger partial charge in [0.05, 0.1) is 13.2 Å². The van der Waals surface area contributed by atoms with Gasteiger partial charge >= 0.3 is 18.2 Å². The first-order chi connectivity index (χ1) is 15.7. The maximum atomic E-state index is 11.9. The molecule has 2 aliphatic rings. The highest BCUT2D eigenvalue weighted by molar-refractivity contribution is 5.81. The predicted molar refractivity (Wildman–Crippen MR) is 128 cm³/mol. The molecule has 0 aromatic rings. The van der Waals surface area contributed by atoms with E-state index in [4.69, 9.17) is 14.2 Å². The fourth-order valence-electron chi connectivity index (χ4n) is 3.30. The average molecular weight is 486 g/mol. The first-order valence-electron chi connectivity index (χ1n) is 12.1. The number of hydrogen-bond donors (Lipinski definition) is 1. The number of piperidine rings is 2. The lowest BCUT2D eigenvalue weighted by Crippen LogP contribution is -2.47. The molecule has 2 amide bonds. The van der Waals surface area contributed by atoms with Gasteiger partial charge in [0, 0.05) is 45.1 Å². The molecule has 0 bridgehead atoms. The number of nitrogens with one attached hydrogen (secondary N) is 1. The van der Waals surface area contributed by atoms with Crippen LogP contribution in [0, 0.1) is 0 Å². The molecular formula is C24H43N3O7. The third-order valence-electron chi connectivity index (χ3n) is 4.96. The minimum atomic E-state index is -0.462. The summed E-state index contributed by atoms with van der Waals surface area (Å²) in [6, 6.07) is 0.248. The van der Waals surface area contributed by atoms with E-state index in [9.17, 15) is 19.2 Å². The van der Waals surface area contributed by atoms with Crippen molar-refractivity contribution in [3.05, 3.63) is 0 Å². The Morgan fingerprint density at radius 1 is 0.853 bits per heavy atom. The van der Waals surface area contributed by atoms with Crippen molar-refractivity contribution in [3.8, 4) is 0 Å². The fraction of sp³-hybridized carbons (Fsp3) is 0.833. The van der Waals surface area contributed by atoms with Crippen LogP contribution in [0.2, 0.25) is 0 Å². The van der Waals surface area contributed by atoms with Crippen LogP contribution in [0.5, 0.6) is 0 Å². The van der Waals surface area contributed by atoms with Gasteiger partial charge in [-0.15, -0.1) is 0 Å². The molecule has 2 fully saturated rings. The minimum Gasteiger partial charge on any atom is -0.465 e. The number of hydrogen-bond acceptors (Lipinski definition) is 8. The molecule has 0 saturated carbocycles. The summed E-state index contributed by atoms with van der Waals surface area (Å²) in [5, 5.41) is 3.16. The number of rotatable bonds is 4. The lowest BCUT2D eigenvalue weighted by atomic mass is 10.1. The van der Waals surface area contributed by atoms with Gasteiger partial charge in [0.2, 0.25) is 0 Å². The molecule has 10 heteroatoms. The molecular weight excluding hydrogens is 442 g/mol. The van der Waals surface area contributed by atoms with E-state index in [2.05, 4.69) is 5.32 Å². The third kappa shape index (κ3) is 12.8. The standard InChI is InChI=1S/C14H26N2O4.C10H17NO3/c1-5-19-12(17)10-15-11-6-8-16(9-7-11)13(18)20-14(2,3)4;1-10(2,3)14-9(13)11-6-4-8(12)5-7-11/h11,15H,5-10H2,1-4H3;4-7H2,1-3H3. The van der Waals surface area contributed by atoms with Gasteiger partial charge in [0.15, 0.2) is 0 Å². The second-order valence-corrected chi connectivity index (χ2v) is 10.4. The van der Waals surface area contributed by atoms with Crippen LogP contribution in [-0.2, 0) is 23.8 Å². The van der Waals surface area contributed by atoms with E-state index in [-0.39, 0.29) is 36.5 Å². The zero-order valence-electron chi connectivity index (χ0n) is 21.9. The summed E-state index contributed by atoms with van der Waals surface area (Å²) in [5.74, 6) is -0.00752. The second-order valence-electron chi connectivity index (χ2n) is 10.4. The smallest absolute Gasteiger partial charge is 0.410 e. The normalized spacial score (nSPS) is 17.4. The first-order valence-corrected chi connectivity index (χ1v) is 12.1. The zero-order chi connectivity index (χ0) is 25.9. The lowest BCUT2D eigenvalue weighted by molar-refractivity contribution is -0.142. The van der Waals surface area contributed by atoms with Crippen LogP contribution in [0.3, 0.4) is 0 Å². The van der Waals surface area contributed by atoms with Crippen molar-refractivity contribution < 1.29 is 33.4 Å². The van der Waals surface area contributed by atoms with Gasteiger partial charge in [0.25, 0.3) is 0 Å². The van der Waals surface area contributed by atoms with Crippen molar-refractivity contribution in [3.63, 3.8) is 0 Å². The Morgan fingerprint density at radius 3 is 1.71 bits per heavy atom. The van der Waals surface area contributed by atoms with Crippen LogP contribution < -0.4 is 5.32 Å². The molecule has 34 heavy (non-hydrogen) atoms. The van der Waals surface area contributed by atoms with E-state index in [1.165, 1.54) is 0 Å². The van der Waals surface area contributed by atoms with Gasteiger partial charge in [-0.1, -0.05) is 0 Å². The Bertz CT molecular complexity index is 680. The molecule has 0 unspecified atom stereocenters. The molecule has 2 aliphatic heterocycles. The highest BCUT2D eigenvalue weighted by atomic mass is 16.6. The Labute approximate surface area is 203 Å². The van der Waals surface area contributed by atoms with Crippen LogP contribution in [0.25, 0.3) is 0 Å². The molecule has 1 N–H and O–H groups in total. The Balaban J connectivity index is 0.000000362. The number of ketones is 1. The third-order valence-corrected chi connectivity index (χ3v) is 4.96. The largest absolute Gasteiger partial charge is 0.465 e. The summed E-state index contributed by atoms with van der Waals surface area (Å²) in [6.45, 7) is 15.8. The highest BCUT2D eigenvalue weighted by Gasteiger charge is 2.27. The molecule has 0 aliphatic carbocycles. The summed E-state index contributed by atoms with van der Waals surface area (Å²) in [5.41, 5.74) is -0.922. The molecule has 2 heterocycles. The molecule has 0 atom stereocenters. The predicted octanol–water partition coefficient (Wildman–Crippen LogP) is 3.13. The summed E-state index contributed by atoms with van der Waals surface area (Å²) >= 11 is 0. The number of likely N-dealkylation sites (tertiary alicyclic amines) is 2. The number of carbonyl (C=O) groups is 4. The van der Waals surface area contributed by atoms with Gasteiger partial charge in [-0.3, -0.25) is 9.59 Å². The maximum Gasteiger partial charge on any atom is 0.410 e. The quantitative estimate of drug-likeness (QED) is 0.477. The molecule has 10 nitrogen and oxygen atoms in total. The van der Waals surface area contributed by atoms with E-state index in [1.54, 1.807) is 16.7 Å². The Morgan fingerprint density at radius 2 is 1.29 bits per heavy atom. The van der Waals surface area contributed by atoms with Crippen LogP contribution in [-0.4, -0.2) is 90.3 Å². The topological polar surface area (TPSA) is 114 Å². The number of esters is 1. The number of Topliss-reactive ketones (excluding diaryl/α,β-unsaturated/α-hetero) is 1. The number of carbonyl (C=O) groups excluding carboxylic acids is 4. The van der Waals surface area contributed by atoms with Gasteiger partial charge in [-0.25, -0.2) is 9.59 Å². The van der Waals surface area contributed by atoms with Crippen molar-refractivity contribution in [1.82, 2.24) is 15.1 Å². The second kappa shape index (κ2) is 13.5. The summed E-state index contributed by atoms with van der Waals surface area (Å²) in [7, 11) is 0. The molecule has 2 saturated heterocycles. The van der Waals surface area contributed by atoms with E-state index >= 15 is 0 Å². The van der Waals surface area contributed by atoms with Gasteiger partial charge in [0.1, 0.15) is 17.0 Å². The average Bonchev–Trinajstić information content (AvgIpc) is 2.71. The van der Waals surface area contributed by atoms with Crippen LogP contribution in [0.15, 0.2) is 0 Å². The van der Waals surface area contributed by atoms with Crippen molar-refractivity contribution in [2.75, 3.05) is 39.3 Å². The van der Waals surface area contributed by atoms with Gasteiger partial charge in [-0.05, 0) is 61.3 Å². The Hall–Kier alpha value is -2.36. The van der Waals surface area contributed by atoms with E-state index in [0.29, 0.717) is 45.6 Å². The number of ether oxygens (including phenoxy) is 3. The molecule has 0 radical (unpaired) electrons. The minimum absolute atomic E-state index is 0.227. The monoisotopic (exact) mass is 485 g/mol. The SMILES string of the molecule is CC(C)(C)OC(=O)N1CCC(=O)CC1.CCOC(=O)CNC1CCN(C(=O)OC(C)(C)C)CC1. The van der Waals surface area contributed by atoms with E-state index in [1.807, 2.05) is 41.5 Å². The summed E-state index contributed by atoms with van der Waals surface area (Å²) in [6.07, 6.45) is 1.97. The van der Waals surface area contributed by atoms with Crippen molar-refractivity contribution >= 4 is 23.9 Å².